The van der Waals surface area contributed by atoms with Gasteiger partial charge >= 0.3 is 0 Å². The van der Waals surface area contributed by atoms with Gasteiger partial charge in [0.1, 0.15) is 11.5 Å². The van der Waals surface area contributed by atoms with Gasteiger partial charge in [-0.3, -0.25) is 4.79 Å². The minimum absolute atomic E-state index is 0.0205. The van der Waals surface area contributed by atoms with Gasteiger partial charge in [0.05, 0.1) is 19.9 Å². The molecule has 2 aromatic rings. The summed E-state index contributed by atoms with van der Waals surface area (Å²) in [6, 6.07) is 5.54. The SMILES string of the molecule is COc1ccc(OC)c(-c2csc(NC(=O)CCSC)n2)c1. The summed E-state index contributed by atoms with van der Waals surface area (Å²) in [6.45, 7) is 0. The first-order valence-electron chi connectivity index (χ1n) is 6.64. The molecule has 7 heteroatoms. The molecule has 0 saturated carbocycles. The van der Waals surface area contributed by atoms with E-state index in [2.05, 4.69) is 10.3 Å². The lowest BCUT2D eigenvalue weighted by Crippen LogP contribution is -2.11. The van der Waals surface area contributed by atoms with Crippen molar-refractivity contribution in [3.05, 3.63) is 23.6 Å². The zero-order chi connectivity index (χ0) is 15.9. The maximum absolute atomic E-state index is 11.7. The van der Waals surface area contributed by atoms with Crippen molar-refractivity contribution in [2.75, 3.05) is 31.5 Å². The van der Waals surface area contributed by atoms with Crippen LogP contribution in [0.3, 0.4) is 0 Å². The fourth-order valence-electron chi connectivity index (χ4n) is 1.85. The molecule has 1 heterocycles. The molecular formula is C15H18N2O3S2. The molecule has 0 aliphatic rings. The van der Waals surface area contributed by atoms with E-state index in [0.717, 1.165) is 22.8 Å². The number of benzene rings is 1. The van der Waals surface area contributed by atoms with Crippen LogP contribution in [0.25, 0.3) is 11.3 Å². The Labute approximate surface area is 138 Å². The van der Waals surface area contributed by atoms with Crippen LogP contribution >= 0.6 is 23.1 Å². The summed E-state index contributed by atoms with van der Waals surface area (Å²) < 4.78 is 10.6. The second-order valence-electron chi connectivity index (χ2n) is 4.40. The minimum Gasteiger partial charge on any atom is -0.497 e. The highest BCUT2D eigenvalue weighted by atomic mass is 32.2. The topological polar surface area (TPSA) is 60.5 Å². The molecule has 118 valence electrons. The number of thioether (sulfide) groups is 1. The fourth-order valence-corrected chi connectivity index (χ4v) is 2.96. The van der Waals surface area contributed by atoms with Crippen LogP contribution in [0.15, 0.2) is 23.6 Å². The Balaban J connectivity index is 2.19. The number of nitrogens with one attached hydrogen (secondary N) is 1. The number of methoxy groups -OCH3 is 2. The van der Waals surface area contributed by atoms with E-state index in [9.17, 15) is 4.79 Å². The molecule has 0 spiro atoms. The van der Waals surface area contributed by atoms with Gasteiger partial charge in [0.2, 0.25) is 5.91 Å². The minimum atomic E-state index is -0.0205. The lowest BCUT2D eigenvalue weighted by Gasteiger charge is -2.08. The quantitative estimate of drug-likeness (QED) is 0.837. The smallest absolute Gasteiger partial charge is 0.226 e. The molecule has 0 unspecified atom stereocenters. The van der Waals surface area contributed by atoms with Crippen molar-refractivity contribution in [1.29, 1.82) is 0 Å². The molecule has 0 bridgehead atoms. The van der Waals surface area contributed by atoms with E-state index in [1.54, 1.807) is 26.0 Å². The van der Waals surface area contributed by atoms with E-state index in [1.165, 1.54) is 11.3 Å². The first kappa shape index (κ1) is 16.6. The van der Waals surface area contributed by atoms with Gasteiger partial charge in [-0.05, 0) is 24.5 Å². The number of ether oxygens (including phenoxy) is 2. The molecule has 0 aliphatic heterocycles. The standard InChI is InChI=1S/C15H18N2O3S2/c1-19-10-4-5-13(20-2)11(8-10)12-9-22-15(16-12)17-14(18)6-7-21-3/h4-5,8-9H,6-7H2,1-3H3,(H,16,17,18). The first-order chi connectivity index (χ1) is 10.7. The lowest BCUT2D eigenvalue weighted by atomic mass is 10.1. The maximum atomic E-state index is 11.7. The van der Waals surface area contributed by atoms with Crippen LogP contribution in [-0.2, 0) is 4.79 Å². The van der Waals surface area contributed by atoms with Crippen LogP contribution in [0.2, 0.25) is 0 Å². The van der Waals surface area contributed by atoms with E-state index in [-0.39, 0.29) is 5.91 Å². The summed E-state index contributed by atoms with van der Waals surface area (Å²) in [4.78, 5) is 16.2. The summed E-state index contributed by atoms with van der Waals surface area (Å²) in [6.07, 6.45) is 2.46. The molecule has 1 aromatic heterocycles. The Bertz CT molecular complexity index is 643. The van der Waals surface area contributed by atoms with Crippen LogP contribution in [0.4, 0.5) is 5.13 Å². The summed E-state index contributed by atoms with van der Waals surface area (Å²) in [5.74, 6) is 2.22. The Hall–Kier alpha value is -1.73. The van der Waals surface area contributed by atoms with Crippen molar-refractivity contribution in [2.45, 2.75) is 6.42 Å². The second-order valence-corrected chi connectivity index (χ2v) is 6.24. The predicted octanol–water partition coefficient (Wildman–Crippen LogP) is 3.52. The zero-order valence-electron chi connectivity index (χ0n) is 12.7. The highest BCUT2D eigenvalue weighted by Crippen LogP contribution is 2.34. The second kappa shape index (κ2) is 8.05. The molecule has 22 heavy (non-hydrogen) atoms. The van der Waals surface area contributed by atoms with E-state index in [1.807, 2.05) is 29.8 Å². The Morgan fingerprint density at radius 1 is 1.36 bits per heavy atom. The number of carbonyl (C=O) groups excluding carboxylic acids is 1. The highest BCUT2D eigenvalue weighted by molar-refractivity contribution is 7.98. The van der Waals surface area contributed by atoms with Gasteiger partial charge < -0.3 is 14.8 Å². The number of amides is 1. The first-order valence-corrected chi connectivity index (χ1v) is 8.92. The molecule has 1 N–H and O–H groups in total. The number of hydrogen-bond donors (Lipinski definition) is 1. The summed E-state index contributed by atoms with van der Waals surface area (Å²) in [5.41, 5.74) is 1.59. The molecule has 0 atom stereocenters. The molecular weight excluding hydrogens is 320 g/mol. The number of rotatable bonds is 7. The van der Waals surface area contributed by atoms with Gasteiger partial charge in [0, 0.05) is 23.1 Å². The van der Waals surface area contributed by atoms with E-state index in [0.29, 0.717) is 17.3 Å². The van der Waals surface area contributed by atoms with E-state index in [4.69, 9.17) is 9.47 Å². The fraction of sp³-hybridized carbons (Fsp3) is 0.333. The maximum Gasteiger partial charge on any atom is 0.226 e. The average Bonchev–Trinajstić information content (AvgIpc) is 3.00. The summed E-state index contributed by atoms with van der Waals surface area (Å²) in [7, 11) is 3.23. The van der Waals surface area contributed by atoms with Crippen molar-refractivity contribution in [1.82, 2.24) is 4.98 Å². The number of aromatic nitrogens is 1. The number of nitrogens with zero attached hydrogens (tertiary/aromatic N) is 1. The third kappa shape index (κ3) is 4.14. The number of hydrogen-bond acceptors (Lipinski definition) is 6. The molecule has 0 saturated heterocycles. The Kier molecular flexibility index (Phi) is 6.09. The zero-order valence-corrected chi connectivity index (χ0v) is 14.3. The predicted molar refractivity (Wildman–Crippen MR) is 92.3 cm³/mol. The molecule has 0 aliphatic carbocycles. The van der Waals surface area contributed by atoms with Crippen LogP contribution in [0.5, 0.6) is 11.5 Å². The third-order valence-electron chi connectivity index (χ3n) is 2.97. The van der Waals surface area contributed by atoms with Crippen LogP contribution < -0.4 is 14.8 Å². The Morgan fingerprint density at radius 2 is 2.18 bits per heavy atom. The van der Waals surface area contributed by atoms with Crippen molar-refractivity contribution < 1.29 is 14.3 Å². The van der Waals surface area contributed by atoms with Crippen LogP contribution in [0, 0.1) is 0 Å². The molecule has 2 rings (SSSR count). The normalized spacial score (nSPS) is 10.3. The number of carbonyl (C=O) groups is 1. The van der Waals surface area contributed by atoms with Crippen LogP contribution in [-0.4, -0.2) is 37.1 Å². The Morgan fingerprint density at radius 3 is 2.86 bits per heavy atom. The molecule has 0 radical (unpaired) electrons. The van der Waals surface area contributed by atoms with Gasteiger partial charge in [-0.2, -0.15) is 11.8 Å². The largest absolute Gasteiger partial charge is 0.497 e. The van der Waals surface area contributed by atoms with Gasteiger partial charge in [-0.25, -0.2) is 4.98 Å². The van der Waals surface area contributed by atoms with Gasteiger partial charge in [-0.15, -0.1) is 11.3 Å². The molecule has 0 fully saturated rings. The van der Waals surface area contributed by atoms with E-state index >= 15 is 0 Å². The molecule has 5 nitrogen and oxygen atoms in total. The van der Waals surface area contributed by atoms with Crippen LogP contribution in [0.1, 0.15) is 6.42 Å². The van der Waals surface area contributed by atoms with Crippen molar-refractivity contribution in [2.24, 2.45) is 0 Å². The van der Waals surface area contributed by atoms with Gasteiger partial charge in [-0.1, -0.05) is 0 Å². The third-order valence-corrected chi connectivity index (χ3v) is 4.34. The highest BCUT2D eigenvalue weighted by Gasteiger charge is 2.12. The number of anilines is 1. The lowest BCUT2D eigenvalue weighted by molar-refractivity contribution is -0.115. The average molecular weight is 338 g/mol. The number of thiazole rings is 1. The molecule has 1 aromatic carbocycles. The summed E-state index contributed by atoms with van der Waals surface area (Å²) >= 11 is 3.04. The van der Waals surface area contributed by atoms with Crippen molar-refractivity contribution in [3.63, 3.8) is 0 Å². The summed E-state index contributed by atoms with van der Waals surface area (Å²) in [5, 5.41) is 5.30. The van der Waals surface area contributed by atoms with Crippen molar-refractivity contribution in [3.8, 4) is 22.8 Å². The molecule has 1 amide bonds. The van der Waals surface area contributed by atoms with Crippen molar-refractivity contribution >= 4 is 34.1 Å². The monoisotopic (exact) mass is 338 g/mol. The van der Waals surface area contributed by atoms with E-state index < -0.39 is 0 Å². The van der Waals surface area contributed by atoms with Gasteiger partial charge in [0.15, 0.2) is 5.13 Å². The van der Waals surface area contributed by atoms with Gasteiger partial charge in [0.25, 0.3) is 0 Å².